The predicted octanol–water partition coefficient (Wildman–Crippen LogP) is 1.73. The van der Waals surface area contributed by atoms with Crippen molar-refractivity contribution < 1.29 is 14.7 Å². The lowest BCUT2D eigenvalue weighted by Crippen LogP contribution is -2.57. The number of aliphatic hydroxyl groups excluding tert-OH is 1. The van der Waals surface area contributed by atoms with Crippen LogP contribution >= 0.6 is 0 Å². The summed E-state index contributed by atoms with van der Waals surface area (Å²) in [7, 11) is 0. The normalized spacial score (nSPS) is 16.8. The lowest BCUT2D eigenvalue weighted by Gasteiger charge is -2.35. The first kappa shape index (κ1) is 19.9. The second-order valence-electron chi connectivity index (χ2n) is 6.94. The van der Waals surface area contributed by atoms with Gasteiger partial charge in [-0.2, -0.15) is 0 Å². The van der Waals surface area contributed by atoms with Gasteiger partial charge in [-0.25, -0.2) is 9.97 Å². The van der Waals surface area contributed by atoms with Crippen molar-refractivity contribution in [3.05, 3.63) is 47.4 Å². The highest BCUT2D eigenvalue weighted by Crippen LogP contribution is 2.24. The quantitative estimate of drug-likeness (QED) is 0.793. The molecule has 28 heavy (non-hydrogen) atoms. The minimum atomic E-state index is -0.646. The molecule has 2 aromatic rings. The van der Waals surface area contributed by atoms with Crippen LogP contribution in [-0.4, -0.2) is 57.5 Å². The molecule has 1 atom stereocenters. The number of piperazine rings is 1. The van der Waals surface area contributed by atoms with E-state index < -0.39 is 6.04 Å². The van der Waals surface area contributed by atoms with Gasteiger partial charge in [-0.05, 0) is 37.5 Å². The third kappa shape index (κ3) is 4.20. The number of aryl methyl sites for hydroxylation is 2. The van der Waals surface area contributed by atoms with Crippen LogP contribution < -0.4 is 5.32 Å². The smallest absolute Gasteiger partial charge is 0.254 e. The fourth-order valence-corrected chi connectivity index (χ4v) is 3.53. The molecule has 0 bridgehead atoms. The average molecular weight is 382 g/mol. The molecular weight excluding hydrogens is 356 g/mol. The zero-order valence-electron chi connectivity index (χ0n) is 16.3. The molecule has 0 aliphatic carbocycles. The summed E-state index contributed by atoms with van der Waals surface area (Å²) in [6.45, 7) is 4.64. The van der Waals surface area contributed by atoms with E-state index in [1.165, 1.54) is 0 Å². The lowest BCUT2D eigenvalue weighted by atomic mass is 10.0. The number of aliphatic hydroxyl groups is 1. The fourth-order valence-electron chi connectivity index (χ4n) is 3.53. The monoisotopic (exact) mass is 382 g/mol. The standard InChI is InChI=1S/C21H26N4O3/c1-3-5-17-13-23-14(2)24-19(17)15-6-4-7-16(12-15)21(28)25-10-9-22-20(27)18(25)8-11-26/h4,6-7,12-13,18,26H,3,5,8-11H2,1-2H3,(H,22,27)/t18-/m0/s1. The number of nitrogens with zero attached hydrogens (tertiary/aromatic N) is 3. The summed E-state index contributed by atoms with van der Waals surface area (Å²) in [4.78, 5) is 35.7. The van der Waals surface area contributed by atoms with Gasteiger partial charge in [0.2, 0.25) is 5.91 Å². The number of aromatic nitrogens is 2. The Hall–Kier alpha value is -2.80. The molecule has 7 nitrogen and oxygen atoms in total. The van der Waals surface area contributed by atoms with Gasteiger partial charge in [0.1, 0.15) is 11.9 Å². The van der Waals surface area contributed by atoms with E-state index in [2.05, 4.69) is 22.2 Å². The van der Waals surface area contributed by atoms with Crippen LogP contribution in [0, 0.1) is 6.92 Å². The van der Waals surface area contributed by atoms with Gasteiger partial charge in [-0.1, -0.05) is 25.5 Å². The highest BCUT2D eigenvalue weighted by Gasteiger charge is 2.33. The summed E-state index contributed by atoms with van der Waals surface area (Å²) in [6.07, 6.45) is 3.91. The van der Waals surface area contributed by atoms with Gasteiger partial charge in [-0.3, -0.25) is 9.59 Å². The second-order valence-corrected chi connectivity index (χ2v) is 6.94. The van der Waals surface area contributed by atoms with E-state index in [1.807, 2.05) is 31.3 Å². The maximum atomic E-state index is 13.1. The van der Waals surface area contributed by atoms with Crippen LogP contribution in [0.15, 0.2) is 30.5 Å². The maximum absolute atomic E-state index is 13.1. The molecule has 0 unspecified atom stereocenters. The number of amides is 2. The van der Waals surface area contributed by atoms with Crippen LogP contribution in [0.2, 0.25) is 0 Å². The van der Waals surface area contributed by atoms with Gasteiger partial charge in [-0.15, -0.1) is 0 Å². The van der Waals surface area contributed by atoms with Crippen molar-refractivity contribution in [2.24, 2.45) is 0 Å². The first-order valence-corrected chi connectivity index (χ1v) is 9.67. The first-order chi connectivity index (χ1) is 13.5. The van der Waals surface area contributed by atoms with E-state index in [-0.39, 0.29) is 24.8 Å². The van der Waals surface area contributed by atoms with E-state index in [1.54, 1.807) is 11.0 Å². The third-order valence-electron chi connectivity index (χ3n) is 4.88. The largest absolute Gasteiger partial charge is 0.396 e. The molecular formula is C21H26N4O3. The SMILES string of the molecule is CCCc1cnc(C)nc1-c1cccc(C(=O)N2CCNC(=O)[C@@H]2CCO)c1. The van der Waals surface area contributed by atoms with Crippen LogP contribution in [0.5, 0.6) is 0 Å². The van der Waals surface area contributed by atoms with Crippen LogP contribution in [0.25, 0.3) is 11.3 Å². The van der Waals surface area contributed by atoms with Gasteiger partial charge in [0.15, 0.2) is 0 Å². The van der Waals surface area contributed by atoms with Gasteiger partial charge in [0, 0.05) is 37.0 Å². The molecule has 1 saturated heterocycles. The molecule has 7 heteroatoms. The number of hydrogen-bond donors (Lipinski definition) is 2. The van der Waals surface area contributed by atoms with E-state index in [9.17, 15) is 14.7 Å². The summed E-state index contributed by atoms with van der Waals surface area (Å²) in [5.74, 6) is 0.252. The maximum Gasteiger partial charge on any atom is 0.254 e. The van der Waals surface area contributed by atoms with E-state index in [4.69, 9.17) is 0 Å². The molecule has 1 aliphatic heterocycles. The Kier molecular flexibility index (Phi) is 6.36. The molecule has 1 aromatic carbocycles. The summed E-state index contributed by atoms with van der Waals surface area (Å²) in [6, 6.07) is 6.70. The fraction of sp³-hybridized carbons (Fsp3) is 0.429. The predicted molar refractivity (Wildman–Crippen MR) is 106 cm³/mol. The number of benzene rings is 1. The summed E-state index contributed by atoms with van der Waals surface area (Å²) < 4.78 is 0. The summed E-state index contributed by atoms with van der Waals surface area (Å²) >= 11 is 0. The van der Waals surface area contributed by atoms with Crippen molar-refractivity contribution in [2.45, 2.75) is 39.2 Å². The van der Waals surface area contributed by atoms with Crippen LogP contribution in [-0.2, 0) is 11.2 Å². The van der Waals surface area contributed by atoms with E-state index in [0.29, 0.717) is 24.5 Å². The molecule has 1 fully saturated rings. The zero-order valence-corrected chi connectivity index (χ0v) is 16.3. The number of carbonyl (C=O) groups excluding carboxylic acids is 2. The molecule has 2 heterocycles. The van der Waals surface area contributed by atoms with Crippen molar-refractivity contribution in [1.82, 2.24) is 20.2 Å². The minimum Gasteiger partial charge on any atom is -0.396 e. The summed E-state index contributed by atoms with van der Waals surface area (Å²) in [5, 5.41) is 12.0. The van der Waals surface area contributed by atoms with Crippen LogP contribution in [0.3, 0.4) is 0 Å². The molecule has 0 spiro atoms. The van der Waals surface area contributed by atoms with E-state index in [0.717, 1.165) is 29.7 Å². The number of rotatable bonds is 6. The lowest BCUT2D eigenvalue weighted by molar-refractivity contribution is -0.128. The van der Waals surface area contributed by atoms with Crippen LogP contribution in [0.4, 0.5) is 0 Å². The Morgan fingerprint density at radius 2 is 2.21 bits per heavy atom. The topological polar surface area (TPSA) is 95.4 Å². The van der Waals surface area contributed by atoms with E-state index >= 15 is 0 Å². The van der Waals surface area contributed by atoms with Gasteiger partial charge < -0.3 is 15.3 Å². The number of nitrogens with one attached hydrogen (secondary N) is 1. The summed E-state index contributed by atoms with van der Waals surface area (Å²) in [5.41, 5.74) is 3.26. The second kappa shape index (κ2) is 8.93. The van der Waals surface area contributed by atoms with Gasteiger partial charge >= 0.3 is 0 Å². The highest BCUT2D eigenvalue weighted by molar-refractivity contribution is 5.99. The van der Waals surface area contributed by atoms with Crippen molar-refractivity contribution >= 4 is 11.8 Å². The molecule has 1 aliphatic rings. The third-order valence-corrected chi connectivity index (χ3v) is 4.88. The Bertz CT molecular complexity index is 868. The molecule has 3 rings (SSSR count). The van der Waals surface area contributed by atoms with Gasteiger partial charge in [0.25, 0.3) is 5.91 Å². The Morgan fingerprint density at radius 1 is 1.39 bits per heavy atom. The van der Waals surface area contributed by atoms with Crippen molar-refractivity contribution in [2.75, 3.05) is 19.7 Å². The molecule has 1 aromatic heterocycles. The molecule has 148 valence electrons. The van der Waals surface area contributed by atoms with Crippen LogP contribution in [0.1, 0.15) is 41.5 Å². The zero-order chi connectivity index (χ0) is 20.1. The highest BCUT2D eigenvalue weighted by atomic mass is 16.3. The average Bonchev–Trinajstić information content (AvgIpc) is 2.71. The minimum absolute atomic E-state index is 0.150. The molecule has 2 amide bonds. The Morgan fingerprint density at radius 3 is 2.96 bits per heavy atom. The molecule has 0 radical (unpaired) electrons. The van der Waals surface area contributed by atoms with Crippen molar-refractivity contribution in [1.29, 1.82) is 0 Å². The molecule has 2 N–H and O–H groups in total. The first-order valence-electron chi connectivity index (χ1n) is 9.67. The number of hydrogen-bond acceptors (Lipinski definition) is 5. The molecule has 0 saturated carbocycles. The van der Waals surface area contributed by atoms with Gasteiger partial charge in [0.05, 0.1) is 5.69 Å². The number of carbonyl (C=O) groups is 2. The van der Waals surface area contributed by atoms with Crippen molar-refractivity contribution in [3.8, 4) is 11.3 Å². The Balaban J connectivity index is 1.94. The van der Waals surface area contributed by atoms with Crippen molar-refractivity contribution in [3.63, 3.8) is 0 Å². The Labute approximate surface area is 164 Å².